The number of rotatable bonds is 3. The van der Waals surface area contributed by atoms with Gasteiger partial charge in [-0.2, -0.15) is 0 Å². The van der Waals surface area contributed by atoms with Crippen molar-refractivity contribution in [3.63, 3.8) is 0 Å². The maximum atomic E-state index is 12.0. The number of hydrogen-bond donors (Lipinski definition) is 1. The summed E-state index contributed by atoms with van der Waals surface area (Å²) in [6.07, 6.45) is 1.10. The van der Waals surface area contributed by atoms with Gasteiger partial charge in [0.15, 0.2) is 20.1 Å². The Morgan fingerprint density at radius 2 is 1.76 bits per heavy atom. The van der Waals surface area contributed by atoms with E-state index < -0.39 is 15.7 Å². The van der Waals surface area contributed by atoms with Gasteiger partial charge in [-0.25, -0.2) is 8.42 Å². The molecule has 0 saturated heterocycles. The quantitative estimate of drug-likeness (QED) is 0.922. The van der Waals surface area contributed by atoms with E-state index in [4.69, 9.17) is 23.2 Å². The SMILES string of the molecule is CS(=O)(=O)c1ccc(NC(=O)c2cc(Cl)nnc2Cl)cc1. The number of hydrogen-bond acceptors (Lipinski definition) is 5. The molecule has 2 aromatic rings. The molecular weight excluding hydrogens is 337 g/mol. The smallest absolute Gasteiger partial charge is 0.258 e. The highest BCUT2D eigenvalue weighted by Crippen LogP contribution is 2.18. The van der Waals surface area contributed by atoms with E-state index in [0.717, 1.165) is 6.26 Å². The van der Waals surface area contributed by atoms with Crippen molar-refractivity contribution < 1.29 is 13.2 Å². The van der Waals surface area contributed by atoms with Gasteiger partial charge in [-0.05, 0) is 30.3 Å². The van der Waals surface area contributed by atoms with Crippen LogP contribution in [0.5, 0.6) is 0 Å². The summed E-state index contributed by atoms with van der Waals surface area (Å²) < 4.78 is 22.7. The van der Waals surface area contributed by atoms with E-state index in [-0.39, 0.29) is 20.8 Å². The first kappa shape index (κ1) is 15.7. The Labute approximate surface area is 131 Å². The van der Waals surface area contributed by atoms with Gasteiger partial charge in [-0.3, -0.25) is 4.79 Å². The predicted molar refractivity (Wildman–Crippen MR) is 79.6 cm³/mol. The number of amides is 1. The van der Waals surface area contributed by atoms with Crippen molar-refractivity contribution in [2.45, 2.75) is 4.90 Å². The molecule has 1 heterocycles. The molecule has 0 aliphatic heterocycles. The Morgan fingerprint density at radius 1 is 1.14 bits per heavy atom. The van der Waals surface area contributed by atoms with Gasteiger partial charge in [0.05, 0.1) is 10.5 Å². The Hall–Kier alpha value is -1.70. The van der Waals surface area contributed by atoms with Gasteiger partial charge in [0.1, 0.15) is 0 Å². The van der Waals surface area contributed by atoms with Crippen molar-refractivity contribution in [1.82, 2.24) is 10.2 Å². The molecule has 0 fully saturated rings. The molecule has 2 rings (SSSR count). The van der Waals surface area contributed by atoms with Crippen LogP contribution in [0.3, 0.4) is 0 Å². The number of anilines is 1. The fraction of sp³-hybridized carbons (Fsp3) is 0.0833. The molecular formula is C12H9Cl2N3O3S. The van der Waals surface area contributed by atoms with Crippen LogP contribution < -0.4 is 5.32 Å². The highest BCUT2D eigenvalue weighted by Gasteiger charge is 2.14. The second-order valence-corrected chi connectivity index (χ2v) is 6.88. The minimum absolute atomic E-state index is 0.0389. The largest absolute Gasteiger partial charge is 0.322 e. The summed E-state index contributed by atoms with van der Waals surface area (Å²) in [5.74, 6) is -0.524. The van der Waals surface area contributed by atoms with Crippen molar-refractivity contribution >= 4 is 44.6 Å². The van der Waals surface area contributed by atoms with Gasteiger partial charge >= 0.3 is 0 Å². The maximum Gasteiger partial charge on any atom is 0.258 e. The van der Waals surface area contributed by atoms with Crippen molar-refractivity contribution in [2.75, 3.05) is 11.6 Å². The van der Waals surface area contributed by atoms with Crippen LogP contribution in [0.4, 0.5) is 5.69 Å². The molecule has 0 aliphatic carbocycles. The van der Waals surface area contributed by atoms with Crippen molar-refractivity contribution in [3.05, 3.63) is 46.2 Å². The summed E-state index contributed by atoms with van der Waals surface area (Å²) >= 11 is 11.4. The topological polar surface area (TPSA) is 89.0 Å². The minimum Gasteiger partial charge on any atom is -0.322 e. The van der Waals surface area contributed by atoms with Crippen molar-refractivity contribution in [2.24, 2.45) is 0 Å². The van der Waals surface area contributed by atoms with Gasteiger partial charge in [0, 0.05) is 11.9 Å². The van der Waals surface area contributed by atoms with E-state index in [1.54, 1.807) is 0 Å². The van der Waals surface area contributed by atoms with Crippen LogP contribution in [0, 0.1) is 0 Å². The molecule has 0 aliphatic rings. The molecule has 6 nitrogen and oxygen atoms in total. The van der Waals surface area contributed by atoms with Crippen LogP contribution in [0.15, 0.2) is 35.2 Å². The fourth-order valence-electron chi connectivity index (χ4n) is 1.50. The van der Waals surface area contributed by atoms with Crippen molar-refractivity contribution in [3.8, 4) is 0 Å². The summed E-state index contributed by atoms with van der Waals surface area (Å²) in [5, 5.41) is 9.56. The van der Waals surface area contributed by atoms with Gasteiger partial charge in [-0.1, -0.05) is 23.2 Å². The lowest BCUT2D eigenvalue weighted by molar-refractivity contribution is 0.102. The van der Waals surface area contributed by atoms with Gasteiger partial charge in [-0.15, -0.1) is 10.2 Å². The molecule has 0 radical (unpaired) electrons. The molecule has 1 aromatic heterocycles. The minimum atomic E-state index is -3.28. The van der Waals surface area contributed by atoms with E-state index in [0.29, 0.717) is 5.69 Å². The Kier molecular flexibility index (Phi) is 4.46. The first-order valence-corrected chi connectivity index (χ1v) is 8.22. The monoisotopic (exact) mass is 345 g/mol. The Morgan fingerprint density at radius 3 is 2.33 bits per heavy atom. The predicted octanol–water partition coefficient (Wildman–Crippen LogP) is 2.44. The lowest BCUT2D eigenvalue weighted by Gasteiger charge is -2.07. The van der Waals surface area contributed by atoms with Gasteiger partial charge in [0.2, 0.25) is 0 Å². The Balaban J connectivity index is 2.22. The zero-order valence-corrected chi connectivity index (χ0v) is 13.0. The van der Waals surface area contributed by atoms with E-state index in [2.05, 4.69) is 15.5 Å². The molecule has 0 unspecified atom stereocenters. The number of sulfone groups is 1. The average Bonchev–Trinajstić information content (AvgIpc) is 2.41. The van der Waals surface area contributed by atoms with Crippen LogP contribution in [0.25, 0.3) is 0 Å². The highest BCUT2D eigenvalue weighted by molar-refractivity contribution is 7.90. The molecule has 0 saturated carbocycles. The molecule has 9 heteroatoms. The Bertz CT molecular complexity index is 792. The number of halogens is 2. The lowest BCUT2D eigenvalue weighted by atomic mass is 10.2. The lowest BCUT2D eigenvalue weighted by Crippen LogP contribution is -2.13. The van der Waals surface area contributed by atoms with E-state index in [1.165, 1.54) is 30.3 Å². The summed E-state index contributed by atoms with van der Waals surface area (Å²) in [6, 6.07) is 7.02. The summed E-state index contributed by atoms with van der Waals surface area (Å²) in [6.45, 7) is 0. The van der Waals surface area contributed by atoms with Crippen LogP contribution >= 0.6 is 23.2 Å². The van der Waals surface area contributed by atoms with E-state index in [1.807, 2.05) is 0 Å². The second kappa shape index (κ2) is 5.97. The second-order valence-electron chi connectivity index (χ2n) is 4.12. The number of benzene rings is 1. The summed E-state index contributed by atoms with van der Waals surface area (Å²) in [4.78, 5) is 12.2. The highest BCUT2D eigenvalue weighted by atomic mass is 35.5. The molecule has 1 amide bonds. The summed E-state index contributed by atoms with van der Waals surface area (Å²) in [5.41, 5.74) is 0.486. The van der Waals surface area contributed by atoms with E-state index in [9.17, 15) is 13.2 Å². The first-order chi connectivity index (χ1) is 9.77. The van der Waals surface area contributed by atoms with Crippen LogP contribution in [-0.4, -0.2) is 30.8 Å². The molecule has 1 N–H and O–H groups in total. The van der Waals surface area contributed by atoms with E-state index >= 15 is 0 Å². The molecule has 0 bridgehead atoms. The van der Waals surface area contributed by atoms with Crippen LogP contribution in [0.1, 0.15) is 10.4 Å². The zero-order valence-electron chi connectivity index (χ0n) is 10.7. The van der Waals surface area contributed by atoms with Crippen LogP contribution in [-0.2, 0) is 9.84 Å². The summed E-state index contributed by atoms with van der Waals surface area (Å²) in [7, 11) is -3.28. The molecule has 21 heavy (non-hydrogen) atoms. The number of carbonyl (C=O) groups is 1. The third-order valence-electron chi connectivity index (χ3n) is 2.50. The molecule has 0 spiro atoms. The van der Waals surface area contributed by atoms with Gasteiger partial charge < -0.3 is 5.32 Å². The number of nitrogens with one attached hydrogen (secondary N) is 1. The van der Waals surface area contributed by atoms with Crippen LogP contribution in [0.2, 0.25) is 10.3 Å². The average molecular weight is 346 g/mol. The van der Waals surface area contributed by atoms with Gasteiger partial charge in [0.25, 0.3) is 5.91 Å². The number of carbonyl (C=O) groups excluding carboxylic acids is 1. The fourth-order valence-corrected chi connectivity index (χ4v) is 2.45. The number of aromatic nitrogens is 2. The normalized spacial score (nSPS) is 11.2. The number of nitrogens with zero attached hydrogens (tertiary/aromatic N) is 2. The first-order valence-electron chi connectivity index (χ1n) is 5.57. The third-order valence-corrected chi connectivity index (χ3v) is 4.10. The standard InChI is InChI=1S/C12H9Cl2N3O3S/c1-21(19,20)8-4-2-7(3-5-8)15-12(18)9-6-10(13)16-17-11(9)14/h2-6H,1H3,(H,15,18). The molecule has 110 valence electrons. The zero-order chi connectivity index (χ0) is 15.6. The third kappa shape index (κ3) is 3.90. The van der Waals surface area contributed by atoms with Crippen molar-refractivity contribution in [1.29, 1.82) is 0 Å². The molecule has 0 atom stereocenters. The molecule has 1 aromatic carbocycles. The maximum absolute atomic E-state index is 12.0.